The summed E-state index contributed by atoms with van der Waals surface area (Å²) in [4.78, 5) is 19.0. The molecular formula is C56H36N4S2. The van der Waals surface area contributed by atoms with E-state index < -0.39 is 5.41 Å². The van der Waals surface area contributed by atoms with Crippen molar-refractivity contribution in [3.63, 3.8) is 0 Å². The molecule has 1 aliphatic carbocycles. The van der Waals surface area contributed by atoms with Gasteiger partial charge in [0.05, 0.1) is 5.41 Å². The van der Waals surface area contributed by atoms with Gasteiger partial charge in [0.1, 0.15) is 0 Å². The van der Waals surface area contributed by atoms with Crippen LogP contribution in [0.4, 0.5) is 17.3 Å². The van der Waals surface area contributed by atoms with E-state index in [-0.39, 0.29) is 0 Å². The summed E-state index contributed by atoms with van der Waals surface area (Å²) in [7, 11) is 0. The molecule has 0 aliphatic heterocycles. The van der Waals surface area contributed by atoms with Gasteiger partial charge in [0, 0.05) is 47.6 Å². The maximum Gasteiger partial charge on any atom is 0.238 e. The molecule has 0 saturated heterocycles. The Morgan fingerprint density at radius 3 is 1.58 bits per heavy atom. The molecule has 0 amide bonds. The average molecular weight is 829 g/mol. The van der Waals surface area contributed by atoms with Crippen LogP contribution in [0.3, 0.4) is 0 Å². The lowest BCUT2D eigenvalue weighted by molar-refractivity contribution is 0.787. The molecule has 62 heavy (non-hydrogen) atoms. The molecule has 0 radical (unpaired) electrons. The fourth-order valence-corrected chi connectivity index (χ4v) is 11.6. The van der Waals surface area contributed by atoms with Crippen LogP contribution >= 0.6 is 22.7 Å². The molecule has 292 valence electrons. The van der Waals surface area contributed by atoms with E-state index >= 15 is 0 Å². The quantitative estimate of drug-likeness (QED) is 0.153. The smallest absolute Gasteiger partial charge is 0.238 e. The summed E-state index contributed by atoms with van der Waals surface area (Å²) in [6.45, 7) is 0. The van der Waals surface area contributed by atoms with Crippen molar-refractivity contribution in [3.05, 3.63) is 239 Å². The monoisotopic (exact) mass is 828 g/mol. The third-order valence-corrected chi connectivity index (χ3v) is 14.3. The van der Waals surface area contributed by atoms with Crippen molar-refractivity contribution in [2.75, 3.05) is 4.90 Å². The average Bonchev–Trinajstić information content (AvgIpc) is 4.09. The molecule has 0 N–H and O–H groups in total. The SMILES string of the molecule is c1ccc(-c2nc(-c3ccccc3)nc(N(c3ccc(-c4cccc5c4sc4ccccc45)cc3)c3ccc(C4(c5cccs5)c5ccccc5-c5ccccc54)cc3)n2)cc1. The summed E-state index contributed by atoms with van der Waals surface area (Å²) >= 11 is 3.66. The van der Waals surface area contributed by atoms with Crippen LogP contribution in [0.25, 0.3) is 65.2 Å². The standard InChI is InChI=1S/C56H36N4S2/c1-3-15-38(16-4-1)53-57-54(39-17-5-2-6-18-39)59-55(58-53)60(41-32-28-37(29-33-41)43-22-13-23-47-46-21-9-12-26-50(46)62-52(43)47)42-34-30-40(31-35-42)56(51-27-14-36-61-51)48-24-10-7-19-44(48)45-20-8-11-25-49(45)56/h1-36H. The fraction of sp³-hybridized carbons (Fsp3) is 0.0179. The summed E-state index contributed by atoms with van der Waals surface area (Å²) in [5.74, 6) is 1.76. The number of fused-ring (bicyclic) bond motifs is 6. The molecule has 4 nitrogen and oxygen atoms in total. The van der Waals surface area contributed by atoms with E-state index in [1.165, 1.54) is 58.4 Å². The first-order chi connectivity index (χ1) is 30.7. The van der Waals surface area contributed by atoms with Crippen LogP contribution in [0, 0.1) is 0 Å². The number of anilines is 3. The second kappa shape index (κ2) is 14.9. The maximum atomic E-state index is 5.25. The number of thiophene rings is 2. The lowest BCUT2D eigenvalue weighted by Gasteiger charge is -2.33. The predicted molar refractivity (Wildman–Crippen MR) is 259 cm³/mol. The van der Waals surface area contributed by atoms with Crippen LogP contribution in [-0.4, -0.2) is 15.0 Å². The highest BCUT2D eigenvalue weighted by Gasteiger charge is 2.46. The Balaban J connectivity index is 1.04. The molecule has 0 fully saturated rings. The Hall–Kier alpha value is -7.51. The van der Waals surface area contributed by atoms with Gasteiger partial charge in [-0.05, 0) is 80.7 Å². The lowest BCUT2D eigenvalue weighted by Crippen LogP contribution is -2.27. The zero-order valence-corrected chi connectivity index (χ0v) is 35.0. The molecule has 12 rings (SSSR count). The highest BCUT2D eigenvalue weighted by molar-refractivity contribution is 7.26. The van der Waals surface area contributed by atoms with Crippen molar-refractivity contribution >= 4 is 60.2 Å². The van der Waals surface area contributed by atoms with Crippen molar-refractivity contribution in [1.29, 1.82) is 0 Å². The number of rotatable bonds is 8. The first kappa shape index (κ1) is 36.4. The molecule has 11 aromatic rings. The van der Waals surface area contributed by atoms with Gasteiger partial charge in [-0.2, -0.15) is 9.97 Å². The van der Waals surface area contributed by atoms with E-state index in [1.54, 1.807) is 0 Å². The van der Waals surface area contributed by atoms with Gasteiger partial charge >= 0.3 is 0 Å². The minimum atomic E-state index is -0.464. The second-order valence-electron chi connectivity index (χ2n) is 15.5. The summed E-state index contributed by atoms with van der Waals surface area (Å²) in [5.41, 5.74) is 12.0. The van der Waals surface area contributed by atoms with Crippen LogP contribution in [0.5, 0.6) is 0 Å². The molecule has 0 bridgehead atoms. The van der Waals surface area contributed by atoms with Gasteiger partial charge in [-0.25, -0.2) is 4.98 Å². The van der Waals surface area contributed by atoms with Gasteiger partial charge in [0.2, 0.25) is 5.95 Å². The van der Waals surface area contributed by atoms with Crippen molar-refractivity contribution in [1.82, 2.24) is 15.0 Å². The Labute approximate surface area is 367 Å². The minimum absolute atomic E-state index is 0.464. The molecule has 0 saturated carbocycles. The highest BCUT2D eigenvalue weighted by Crippen LogP contribution is 2.57. The van der Waals surface area contributed by atoms with Gasteiger partial charge in [0.25, 0.3) is 0 Å². The molecule has 3 heterocycles. The van der Waals surface area contributed by atoms with Crippen molar-refractivity contribution in [2.24, 2.45) is 0 Å². The van der Waals surface area contributed by atoms with E-state index in [9.17, 15) is 0 Å². The number of benzene rings is 8. The molecule has 3 aromatic heterocycles. The largest absolute Gasteiger partial charge is 0.279 e. The van der Waals surface area contributed by atoms with Crippen LogP contribution in [0.1, 0.15) is 21.6 Å². The third-order valence-electron chi connectivity index (χ3n) is 12.1. The third kappa shape index (κ3) is 5.83. The first-order valence-corrected chi connectivity index (χ1v) is 22.5. The molecule has 1 aliphatic rings. The Morgan fingerprint density at radius 1 is 0.403 bits per heavy atom. The predicted octanol–water partition coefficient (Wildman–Crippen LogP) is 15.1. The number of nitrogens with zero attached hydrogens (tertiary/aromatic N) is 4. The summed E-state index contributed by atoms with van der Waals surface area (Å²) in [5, 5.41) is 4.77. The van der Waals surface area contributed by atoms with Gasteiger partial charge in [0.15, 0.2) is 11.6 Å². The molecular weight excluding hydrogens is 793 g/mol. The zero-order chi connectivity index (χ0) is 41.0. The van der Waals surface area contributed by atoms with Gasteiger partial charge in [-0.1, -0.05) is 176 Å². The topological polar surface area (TPSA) is 41.9 Å². The fourth-order valence-electron chi connectivity index (χ4n) is 9.35. The van der Waals surface area contributed by atoms with E-state index in [1.807, 2.05) is 59.1 Å². The van der Waals surface area contributed by atoms with E-state index in [4.69, 9.17) is 15.0 Å². The number of hydrogen-bond acceptors (Lipinski definition) is 6. The Kier molecular flexibility index (Phi) is 8.73. The summed E-state index contributed by atoms with van der Waals surface area (Å²) < 4.78 is 2.59. The van der Waals surface area contributed by atoms with Crippen LogP contribution in [0.2, 0.25) is 0 Å². The number of hydrogen-bond donors (Lipinski definition) is 0. The van der Waals surface area contributed by atoms with Crippen molar-refractivity contribution in [2.45, 2.75) is 5.41 Å². The zero-order valence-electron chi connectivity index (χ0n) is 33.4. The lowest BCUT2D eigenvalue weighted by atomic mass is 9.71. The number of aromatic nitrogens is 3. The van der Waals surface area contributed by atoms with Gasteiger partial charge in [-0.15, -0.1) is 22.7 Å². The van der Waals surface area contributed by atoms with E-state index in [0.717, 1.165) is 28.1 Å². The van der Waals surface area contributed by atoms with Crippen molar-refractivity contribution in [3.8, 4) is 45.0 Å². The molecule has 8 aromatic carbocycles. The van der Waals surface area contributed by atoms with Gasteiger partial charge < -0.3 is 0 Å². The van der Waals surface area contributed by atoms with Crippen LogP contribution in [-0.2, 0) is 5.41 Å². The van der Waals surface area contributed by atoms with Gasteiger partial charge in [-0.3, -0.25) is 4.90 Å². The Morgan fingerprint density at radius 2 is 0.952 bits per heavy atom. The van der Waals surface area contributed by atoms with Crippen LogP contribution < -0.4 is 4.90 Å². The van der Waals surface area contributed by atoms with Crippen molar-refractivity contribution < 1.29 is 0 Å². The second-order valence-corrected chi connectivity index (χ2v) is 17.5. The summed E-state index contributed by atoms with van der Waals surface area (Å²) in [6.07, 6.45) is 0. The van der Waals surface area contributed by atoms with Crippen LogP contribution in [0.15, 0.2) is 218 Å². The minimum Gasteiger partial charge on any atom is -0.279 e. The highest BCUT2D eigenvalue weighted by atomic mass is 32.1. The molecule has 0 unspecified atom stereocenters. The Bertz CT molecular complexity index is 3290. The molecule has 0 spiro atoms. The van der Waals surface area contributed by atoms with E-state index in [2.05, 4.69) is 186 Å². The molecule has 6 heteroatoms. The first-order valence-electron chi connectivity index (χ1n) is 20.8. The molecule has 0 atom stereocenters. The normalized spacial score (nSPS) is 12.6. The summed E-state index contributed by atoms with van der Waals surface area (Å²) in [6, 6.07) is 75.8. The van der Waals surface area contributed by atoms with E-state index in [0.29, 0.717) is 17.6 Å². The maximum absolute atomic E-state index is 5.25.